The maximum atomic E-state index is 12.2. The molecule has 0 radical (unpaired) electrons. The lowest BCUT2D eigenvalue weighted by Gasteiger charge is -2.15. The van der Waals surface area contributed by atoms with Crippen molar-refractivity contribution in [2.24, 2.45) is 0 Å². The smallest absolute Gasteiger partial charge is 0.251 e. The van der Waals surface area contributed by atoms with E-state index >= 15 is 0 Å². The van der Waals surface area contributed by atoms with E-state index in [0.717, 1.165) is 11.6 Å². The summed E-state index contributed by atoms with van der Waals surface area (Å²) in [5, 5.41) is 3.79. The van der Waals surface area contributed by atoms with Crippen molar-refractivity contribution in [1.82, 2.24) is 5.32 Å². The number of hydrogen-bond acceptors (Lipinski definition) is 3. The van der Waals surface area contributed by atoms with Gasteiger partial charge in [-0.3, -0.25) is 14.4 Å². The summed E-state index contributed by atoms with van der Waals surface area (Å²) in [5.41, 5.74) is 1.80. The molecule has 2 aromatic rings. The summed E-state index contributed by atoms with van der Waals surface area (Å²) in [6.45, 7) is 0.269. The Balaban J connectivity index is 2.01. The number of nitrogens with one attached hydrogen (secondary N) is 1. The van der Waals surface area contributed by atoms with Gasteiger partial charge < -0.3 is 10.2 Å². The number of nitrogens with zero attached hydrogens (tertiary/aromatic N) is 1. The molecule has 0 aromatic heterocycles. The molecule has 5 nitrogen and oxygen atoms in total. The Labute approximate surface area is 161 Å². The third-order valence-corrected chi connectivity index (χ3v) is 4.21. The van der Waals surface area contributed by atoms with Gasteiger partial charge in [0, 0.05) is 41.0 Å². The highest BCUT2D eigenvalue weighted by molar-refractivity contribution is 6.35. The first-order valence-corrected chi connectivity index (χ1v) is 8.39. The molecule has 0 unspecified atom stereocenters. The summed E-state index contributed by atoms with van der Waals surface area (Å²) in [7, 11) is 1.58. The summed E-state index contributed by atoms with van der Waals surface area (Å²) in [5.74, 6) is -0.607. The Bertz CT molecular complexity index is 848. The van der Waals surface area contributed by atoms with Crippen LogP contribution in [-0.4, -0.2) is 25.1 Å². The summed E-state index contributed by atoms with van der Waals surface area (Å²) < 4.78 is 0. The fourth-order valence-corrected chi connectivity index (χ4v) is 2.61. The van der Waals surface area contributed by atoms with Crippen molar-refractivity contribution in [2.45, 2.75) is 6.54 Å². The third kappa shape index (κ3) is 5.18. The van der Waals surface area contributed by atoms with Crippen molar-refractivity contribution in [3.8, 4) is 0 Å². The summed E-state index contributed by atoms with van der Waals surface area (Å²) >= 11 is 11.9. The number of rotatable bonds is 6. The van der Waals surface area contributed by atoms with E-state index in [9.17, 15) is 14.4 Å². The normalized spacial score (nSPS) is 10.6. The van der Waals surface area contributed by atoms with E-state index in [-0.39, 0.29) is 18.4 Å². The molecular formula is C19H16Cl2N2O3. The average Bonchev–Trinajstić information content (AvgIpc) is 2.64. The van der Waals surface area contributed by atoms with Gasteiger partial charge in [-0.15, -0.1) is 0 Å². The summed E-state index contributed by atoms with van der Waals surface area (Å²) in [6.07, 6.45) is 2.83. The monoisotopic (exact) mass is 390 g/mol. The molecule has 0 fully saturated rings. The van der Waals surface area contributed by atoms with Crippen LogP contribution in [-0.2, 0) is 16.1 Å². The molecule has 1 N–H and O–H groups in total. The Morgan fingerprint density at radius 2 is 1.81 bits per heavy atom. The van der Waals surface area contributed by atoms with Crippen LogP contribution in [0, 0.1) is 0 Å². The summed E-state index contributed by atoms with van der Waals surface area (Å²) in [6, 6.07) is 11.6. The molecule has 0 bridgehead atoms. The van der Waals surface area contributed by atoms with Gasteiger partial charge in [0.2, 0.25) is 0 Å². The van der Waals surface area contributed by atoms with Crippen molar-refractivity contribution in [1.29, 1.82) is 0 Å². The number of benzene rings is 2. The topological polar surface area (TPSA) is 66.5 Å². The molecule has 2 rings (SSSR count). The fourth-order valence-electron chi connectivity index (χ4n) is 2.14. The molecule has 0 heterocycles. The van der Waals surface area contributed by atoms with Crippen LogP contribution in [0.1, 0.15) is 15.9 Å². The first kappa shape index (κ1) is 19.7. The minimum Gasteiger partial charge on any atom is -0.348 e. The van der Waals surface area contributed by atoms with Gasteiger partial charge >= 0.3 is 0 Å². The Morgan fingerprint density at radius 3 is 2.42 bits per heavy atom. The van der Waals surface area contributed by atoms with E-state index in [4.69, 9.17) is 23.2 Å². The Morgan fingerprint density at radius 1 is 1.12 bits per heavy atom. The second kappa shape index (κ2) is 9.17. The fraction of sp³-hybridized carbons (Fsp3) is 0.105. The van der Waals surface area contributed by atoms with Gasteiger partial charge in [-0.1, -0.05) is 29.3 Å². The second-order valence-corrected chi connectivity index (χ2v) is 6.20. The van der Waals surface area contributed by atoms with Crippen LogP contribution in [0.4, 0.5) is 5.69 Å². The highest BCUT2D eigenvalue weighted by Gasteiger charge is 2.10. The zero-order valence-electron chi connectivity index (χ0n) is 13.9. The van der Waals surface area contributed by atoms with E-state index in [0.29, 0.717) is 27.6 Å². The quantitative estimate of drug-likeness (QED) is 0.604. The number of amides is 2. The van der Waals surface area contributed by atoms with Gasteiger partial charge in [-0.05, 0) is 48.0 Å². The second-order valence-electron chi connectivity index (χ2n) is 5.36. The highest BCUT2D eigenvalue weighted by atomic mass is 35.5. The predicted molar refractivity (Wildman–Crippen MR) is 103 cm³/mol. The number of carbonyl (C=O) groups excluding carboxylic acids is 3. The van der Waals surface area contributed by atoms with Crippen LogP contribution in [0.2, 0.25) is 10.0 Å². The standard InChI is InChI=1S/C19H16Cl2N2O3/c1-23(18(25)3-2-10-24)16-8-5-13(6-9-16)19(26)22-12-14-4-7-15(20)11-17(14)21/h2-11H,12H2,1H3,(H,22,26)/b3-2-. The Kier molecular flexibility index (Phi) is 6.95. The van der Waals surface area contributed by atoms with Gasteiger partial charge in [-0.2, -0.15) is 0 Å². The minimum atomic E-state index is -0.341. The van der Waals surface area contributed by atoms with Crippen LogP contribution in [0.25, 0.3) is 0 Å². The van der Waals surface area contributed by atoms with Gasteiger partial charge in [0.05, 0.1) is 0 Å². The van der Waals surface area contributed by atoms with Crippen LogP contribution >= 0.6 is 23.2 Å². The Hall–Kier alpha value is -2.63. The minimum absolute atomic E-state index is 0.266. The number of likely N-dealkylation sites (N-methyl/N-ethyl adjacent to an activating group) is 1. The molecule has 7 heteroatoms. The number of hydrogen-bond donors (Lipinski definition) is 1. The van der Waals surface area contributed by atoms with Crippen molar-refractivity contribution < 1.29 is 14.4 Å². The van der Waals surface area contributed by atoms with Gasteiger partial charge in [0.1, 0.15) is 6.29 Å². The van der Waals surface area contributed by atoms with Crippen LogP contribution in [0.15, 0.2) is 54.6 Å². The molecule has 26 heavy (non-hydrogen) atoms. The molecule has 2 amide bonds. The predicted octanol–water partition coefficient (Wildman–Crippen LogP) is 3.64. The zero-order valence-corrected chi connectivity index (χ0v) is 15.4. The van der Waals surface area contributed by atoms with E-state index in [2.05, 4.69) is 5.32 Å². The van der Waals surface area contributed by atoms with Crippen LogP contribution < -0.4 is 10.2 Å². The molecule has 0 aliphatic rings. The maximum Gasteiger partial charge on any atom is 0.251 e. The van der Waals surface area contributed by atoms with E-state index in [1.165, 1.54) is 11.0 Å². The molecule has 134 valence electrons. The number of allylic oxidation sites excluding steroid dienone is 1. The average molecular weight is 391 g/mol. The highest BCUT2D eigenvalue weighted by Crippen LogP contribution is 2.21. The summed E-state index contributed by atoms with van der Waals surface area (Å²) in [4.78, 5) is 35.7. The van der Waals surface area contributed by atoms with E-state index in [1.807, 2.05) is 0 Å². The first-order chi connectivity index (χ1) is 12.4. The third-order valence-electron chi connectivity index (χ3n) is 3.62. The van der Waals surface area contributed by atoms with Gasteiger partial charge in [0.25, 0.3) is 11.8 Å². The number of carbonyl (C=O) groups is 3. The van der Waals surface area contributed by atoms with Crippen LogP contribution in [0.3, 0.4) is 0 Å². The molecule has 0 atom stereocenters. The zero-order chi connectivity index (χ0) is 19.1. The van der Waals surface area contributed by atoms with E-state index < -0.39 is 0 Å². The molecule has 2 aromatic carbocycles. The molecule has 0 saturated heterocycles. The number of aldehydes is 1. The lowest BCUT2D eigenvalue weighted by atomic mass is 10.1. The molecule has 0 aliphatic carbocycles. The molecule has 0 spiro atoms. The number of halogens is 2. The van der Waals surface area contributed by atoms with Crippen molar-refractivity contribution in [2.75, 3.05) is 11.9 Å². The first-order valence-electron chi connectivity index (χ1n) is 7.64. The largest absolute Gasteiger partial charge is 0.348 e. The van der Waals surface area contributed by atoms with Gasteiger partial charge in [0.15, 0.2) is 0 Å². The van der Waals surface area contributed by atoms with Gasteiger partial charge in [-0.25, -0.2) is 0 Å². The van der Waals surface area contributed by atoms with Crippen molar-refractivity contribution in [3.05, 3.63) is 75.8 Å². The lowest BCUT2D eigenvalue weighted by molar-refractivity contribution is -0.114. The van der Waals surface area contributed by atoms with Crippen LogP contribution in [0.5, 0.6) is 0 Å². The maximum absolute atomic E-state index is 12.2. The molecular weight excluding hydrogens is 375 g/mol. The number of anilines is 1. The van der Waals surface area contributed by atoms with Crippen molar-refractivity contribution >= 4 is 47.0 Å². The molecule has 0 saturated carbocycles. The lowest BCUT2D eigenvalue weighted by Crippen LogP contribution is -2.25. The van der Waals surface area contributed by atoms with Crippen molar-refractivity contribution in [3.63, 3.8) is 0 Å². The van der Waals surface area contributed by atoms with E-state index in [1.54, 1.807) is 49.5 Å². The SMILES string of the molecule is CN(C(=O)/C=C\C=O)c1ccc(C(=O)NCc2ccc(Cl)cc2Cl)cc1. The molecule has 0 aliphatic heterocycles.